The summed E-state index contributed by atoms with van der Waals surface area (Å²) in [4.78, 5) is 6.51. The highest BCUT2D eigenvalue weighted by Crippen LogP contribution is 2.30. The quantitative estimate of drug-likeness (QED) is 0.828. The summed E-state index contributed by atoms with van der Waals surface area (Å²) in [5, 5.41) is 0. The molecule has 1 aromatic carbocycles. The van der Waals surface area contributed by atoms with Crippen LogP contribution in [0.1, 0.15) is 40.2 Å². The summed E-state index contributed by atoms with van der Waals surface area (Å²) in [5.74, 6) is -0.276. The van der Waals surface area contributed by atoms with Crippen LogP contribution in [0.25, 0.3) is 11.1 Å². The highest BCUT2D eigenvalue weighted by Gasteiger charge is 2.21. The SMILES string of the molecule is CC(C)N(C(C)C)C(C)Cc1cc(F)cc(-c2cncc(N)c2N)c1. The number of nitrogens with zero attached hydrogens (tertiary/aromatic N) is 2. The van der Waals surface area contributed by atoms with E-state index in [-0.39, 0.29) is 5.82 Å². The van der Waals surface area contributed by atoms with Gasteiger partial charge in [0.2, 0.25) is 0 Å². The van der Waals surface area contributed by atoms with Crippen LogP contribution in [0.2, 0.25) is 0 Å². The second-order valence-corrected chi connectivity index (χ2v) is 7.23. The lowest BCUT2D eigenvalue weighted by atomic mass is 9.98. The number of nitrogens with two attached hydrogens (primary N) is 2. The van der Waals surface area contributed by atoms with E-state index < -0.39 is 0 Å². The minimum Gasteiger partial charge on any atom is -0.396 e. The molecule has 136 valence electrons. The van der Waals surface area contributed by atoms with Crippen molar-refractivity contribution in [2.45, 2.75) is 59.2 Å². The van der Waals surface area contributed by atoms with Crippen LogP contribution in [0.15, 0.2) is 30.6 Å². The Bertz CT molecular complexity index is 720. The number of halogens is 1. The molecule has 0 radical (unpaired) electrons. The third-order valence-electron chi connectivity index (χ3n) is 4.52. The summed E-state index contributed by atoms with van der Waals surface area (Å²) in [5.41, 5.74) is 15.0. The maximum Gasteiger partial charge on any atom is 0.124 e. The maximum absolute atomic E-state index is 14.2. The number of anilines is 2. The van der Waals surface area contributed by atoms with Crippen molar-refractivity contribution >= 4 is 11.4 Å². The molecule has 0 aliphatic carbocycles. The predicted molar refractivity (Wildman–Crippen MR) is 104 cm³/mol. The molecule has 5 heteroatoms. The molecular weight excluding hydrogens is 315 g/mol. The fourth-order valence-corrected chi connectivity index (χ4v) is 3.70. The van der Waals surface area contributed by atoms with Gasteiger partial charge in [0.05, 0.1) is 17.6 Å². The van der Waals surface area contributed by atoms with E-state index in [1.165, 1.54) is 12.3 Å². The van der Waals surface area contributed by atoms with Gasteiger partial charge in [-0.3, -0.25) is 9.88 Å². The largest absolute Gasteiger partial charge is 0.396 e. The van der Waals surface area contributed by atoms with Gasteiger partial charge in [-0.2, -0.15) is 0 Å². The van der Waals surface area contributed by atoms with Crippen LogP contribution in [-0.2, 0) is 6.42 Å². The van der Waals surface area contributed by atoms with Crippen LogP contribution in [0.4, 0.5) is 15.8 Å². The molecule has 0 spiro atoms. The van der Waals surface area contributed by atoms with Gasteiger partial charge < -0.3 is 11.5 Å². The third kappa shape index (κ3) is 4.48. The van der Waals surface area contributed by atoms with Gasteiger partial charge in [-0.15, -0.1) is 0 Å². The molecule has 2 rings (SSSR count). The Hall–Kier alpha value is -2.14. The van der Waals surface area contributed by atoms with Crippen molar-refractivity contribution in [2.75, 3.05) is 11.5 Å². The van der Waals surface area contributed by atoms with E-state index in [2.05, 4.69) is 44.5 Å². The van der Waals surface area contributed by atoms with E-state index in [0.29, 0.717) is 40.6 Å². The normalized spacial score (nSPS) is 13.0. The molecule has 0 aliphatic rings. The Morgan fingerprint density at radius 1 is 1.00 bits per heavy atom. The number of hydrogen-bond acceptors (Lipinski definition) is 4. The Balaban J connectivity index is 2.35. The predicted octanol–water partition coefficient (Wildman–Crippen LogP) is 4.10. The van der Waals surface area contributed by atoms with Crippen molar-refractivity contribution in [1.29, 1.82) is 0 Å². The van der Waals surface area contributed by atoms with Gasteiger partial charge in [-0.05, 0) is 64.3 Å². The van der Waals surface area contributed by atoms with Crippen LogP contribution in [0, 0.1) is 5.82 Å². The summed E-state index contributed by atoms with van der Waals surface area (Å²) in [6.07, 6.45) is 3.89. The Morgan fingerprint density at radius 3 is 2.24 bits per heavy atom. The zero-order chi connectivity index (χ0) is 18.7. The maximum atomic E-state index is 14.2. The smallest absolute Gasteiger partial charge is 0.124 e. The number of nitrogen functional groups attached to an aromatic ring is 2. The zero-order valence-corrected chi connectivity index (χ0v) is 15.8. The van der Waals surface area contributed by atoms with E-state index in [1.54, 1.807) is 12.3 Å². The minimum atomic E-state index is -0.276. The fourth-order valence-electron chi connectivity index (χ4n) is 3.70. The minimum absolute atomic E-state index is 0.276. The first-order valence-corrected chi connectivity index (χ1v) is 8.77. The van der Waals surface area contributed by atoms with Crippen molar-refractivity contribution in [3.8, 4) is 11.1 Å². The van der Waals surface area contributed by atoms with Gasteiger partial charge in [0.25, 0.3) is 0 Å². The standard InChI is InChI=1S/C20H29FN4/c1-12(2)25(13(3)4)14(5)6-15-7-16(9-17(21)8-15)18-10-24-11-19(22)20(18)23/h7-14H,6,22H2,1-5H3,(H2,23,24). The van der Waals surface area contributed by atoms with Crippen LogP contribution >= 0.6 is 0 Å². The van der Waals surface area contributed by atoms with E-state index >= 15 is 0 Å². The molecule has 1 aromatic heterocycles. The Morgan fingerprint density at radius 2 is 1.64 bits per heavy atom. The van der Waals surface area contributed by atoms with Crippen molar-refractivity contribution in [3.63, 3.8) is 0 Å². The van der Waals surface area contributed by atoms with Crippen LogP contribution in [0.5, 0.6) is 0 Å². The highest BCUT2D eigenvalue weighted by atomic mass is 19.1. The van der Waals surface area contributed by atoms with Gasteiger partial charge in [-0.1, -0.05) is 6.07 Å². The summed E-state index contributed by atoms with van der Waals surface area (Å²) in [6.45, 7) is 10.9. The molecule has 1 unspecified atom stereocenters. The van der Waals surface area contributed by atoms with Crippen LogP contribution < -0.4 is 11.5 Å². The Kier molecular flexibility index (Phi) is 6.01. The highest BCUT2D eigenvalue weighted by molar-refractivity contribution is 5.83. The molecule has 25 heavy (non-hydrogen) atoms. The van der Waals surface area contributed by atoms with Gasteiger partial charge in [0, 0.05) is 29.9 Å². The molecule has 0 fully saturated rings. The monoisotopic (exact) mass is 344 g/mol. The molecule has 0 amide bonds. The average molecular weight is 344 g/mol. The van der Waals surface area contributed by atoms with Crippen molar-refractivity contribution in [2.24, 2.45) is 0 Å². The summed E-state index contributed by atoms with van der Waals surface area (Å²) < 4.78 is 14.2. The van der Waals surface area contributed by atoms with Crippen LogP contribution in [0.3, 0.4) is 0 Å². The molecule has 4 N–H and O–H groups in total. The summed E-state index contributed by atoms with van der Waals surface area (Å²) in [6, 6.07) is 6.20. The molecule has 1 heterocycles. The zero-order valence-electron chi connectivity index (χ0n) is 15.8. The van der Waals surface area contributed by atoms with Crippen molar-refractivity contribution in [3.05, 3.63) is 42.0 Å². The van der Waals surface area contributed by atoms with Gasteiger partial charge >= 0.3 is 0 Å². The first kappa shape index (κ1) is 19.2. The van der Waals surface area contributed by atoms with Gasteiger partial charge in [-0.25, -0.2) is 4.39 Å². The number of hydrogen-bond donors (Lipinski definition) is 2. The van der Waals surface area contributed by atoms with Crippen LogP contribution in [-0.4, -0.2) is 28.0 Å². The van der Waals surface area contributed by atoms with Gasteiger partial charge in [0.15, 0.2) is 0 Å². The molecule has 2 aromatic rings. The second-order valence-electron chi connectivity index (χ2n) is 7.23. The molecule has 0 saturated carbocycles. The lowest BCUT2D eigenvalue weighted by Gasteiger charge is -2.36. The fraction of sp³-hybridized carbons (Fsp3) is 0.450. The molecule has 1 atom stereocenters. The first-order chi connectivity index (χ1) is 11.7. The number of rotatable bonds is 6. The summed E-state index contributed by atoms with van der Waals surface area (Å²) in [7, 11) is 0. The number of pyridine rings is 1. The third-order valence-corrected chi connectivity index (χ3v) is 4.52. The van der Waals surface area contributed by atoms with E-state index in [0.717, 1.165) is 12.0 Å². The molecule has 0 bridgehead atoms. The van der Waals surface area contributed by atoms with E-state index in [1.807, 2.05) is 6.07 Å². The summed E-state index contributed by atoms with van der Waals surface area (Å²) >= 11 is 0. The van der Waals surface area contributed by atoms with E-state index in [4.69, 9.17) is 11.5 Å². The van der Waals surface area contributed by atoms with Crippen molar-refractivity contribution in [1.82, 2.24) is 9.88 Å². The average Bonchev–Trinajstić information content (AvgIpc) is 2.48. The van der Waals surface area contributed by atoms with E-state index in [9.17, 15) is 4.39 Å². The molecule has 4 nitrogen and oxygen atoms in total. The molecular formula is C20H29FN4. The first-order valence-electron chi connectivity index (χ1n) is 8.77. The lowest BCUT2D eigenvalue weighted by Crippen LogP contribution is -2.44. The lowest BCUT2D eigenvalue weighted by molar-refractivity contribution is 0.122. The topological polar surface area (TPSA) is 68.2 Å². The molecule has 0 saturated heterocycles. The van der Waals surface area contributed by atoms with Gasteiger partial charge in [0.1, 0.15) is 5.82 Å². The van der Waals surface area contributed by atoms with Crippen molar-refractivity contribution < 1.29 is 4.39 Å². The Labute approximate surface area is 150 Å². The number of benzene rings is 1. The second kappa shape index (κ2) is 7.83. The number of aromatic nitrogens is 1. The molecule has 0 aliphatic heterocycles.